The van der Waals surface area contributed by atoms with Crippen molar-refractivity contribution >= 4 is 21.6 Å². The van der Waals surface area contributed by atoms with E-state index in [9.17, 15) is 8.42 Å². The van der Waals surface area contributed by atoms with E-state index in [-0.39, 0.29) is 6.04 Å². The summed E-state index contributed by atoms with van der Waals surface area (Å²) in [6.07, 6.45) is 2.83. The summed E-state index contributed by atoms with van der Waals surface area (Å²) in [6.45, 7) is 3.52. The van der Waals surface area contributed by atoms with Gasteiger partial charge in [-0.3, -0.25) is 4.90 Å². The van der Waals surface area contributed by atoms with Gasteiger partial charge in [-0.1, -0.05) is 11.6 Å². The van der Waals surface area contributed by atoms with Gasteiger partial charge in [0.1, 0.15) is 13.2 Å². The highest BCUT2D eigenvalue weighted by Crippen LogP contribution is 2.38. The largest absolute Gasteiger partial charge is 0.486 e. The van der Waals surface area contributed by atoms with Crippen molar-refractivity contribution in [2.75, 3.05) is 32.6 Å². The first-order valence-corrected chi connectivity index (χ1v) is 9.95. The van der Waals surface area contributed by atoms with E-state index in [1.54, 1.807) is 0 Å². The van der Waals surface area contributed by atoms with E-state index in [1.165, 1.54) is 6.26 Å². The van der Waals surface area contributed by atoms with E-state index in [1.807, 2.05) is 12.1 Å². The minimum absolute atomic E-state index is 0.0325. The van der Waals surface area contributed by atoms with Crippen LogP contribution in [0.4, 0.5) is 0 Å². The van der Waals surface area contributed by atoms with E-state index < -0.39 is 10.0 Å². The molecule has 0 saturated carbocycles. The molecule has 0 unspecified atom stereocenters. The number of sulfonamides is 1. The van der Waals surface area contributed by atoms with Crippen LogP contribution in [0.25, 0.3) is 0 Å². The molecule has 2 aliphatic rings. The Labute approximate surface area is 141 Å². The highest BCUT2D eigenvalue weighted by Gasteiger charge is 2.23. The van der Waals surface area contributed by atoms with E-state index >= 15 is 0 Å². The highest BCUT2D eigenvalue weighted by atomic mass is 35.5. The average Bonchev–Trinajstić information content (AvgIpc) is 2.48. The quantitative estimate of drug-likeness (QED) is 0.883. The maximum atomic E-state index is 11.3. The summed E-state index contributed by atoms with van der Waals surface area (Å²) in [6, 6.07) is 3.92. The van der Waals surface area contributed by atoms with Gasteiger partial charge in [-0.05, 0) is 30.5 Å². The van der Waals surface area contributed by atoms with Crippen LogP contribution in [0.15, 0.2) is 12.1 Å². The monoisotopic (exact) mass is 360 g/mol. The third-order valence-corrected chi connectivity index (χ3v) is 5.07. The second-order valence-corrected chi connectivity index (χ2v) is 8.23. The lowest BCUT2D eigenvalue weighted by molar-refractivity contribution is 0.170. The lowest BCUT2D eigenvalue weighted by Crippen LogP contribution is -2.43. The van der Waals surface area contributed by atoms with Crippen LogP contribution in [0.1, 0.15) is 18.4 Å². The number of likely N-dealkylation sites (tertiary alicyclic amines) is 1. The van der Waals surface area contributed by atoms with Crippen LogP contribution in [0.5, 0.6) is 11.5 Å². The lowest BCUT2D eigenvalue weighted by Gasteiger charge is -2.32. The molecule has 1 saturated heterocycles. The fraction of sp³-hybridized carbons (Fsp3) is 0.600. The molecule has 0 aromatic heterocycles. The van der Waals surface area contributed by atoms with Gasteiger partial charge in [-0.15, -0.1) is 0 Å². The molecule has 0 atom stereocenters. The van der Waals surface area contributed by atoms with Crippen molar-refractivity contribution in [1.82, 2.24) is 9.62 Å². The SMILES string of the molecule is CS(=O)(=O)NC1CCN(Cc2cc(Cl)c3c(c2)OCCO3)CC1. The molecule has 6 nitrogen and oxygen atoms in total. The molecule has 2 aliphatic heterocycles. The summed E-state index contributed by atoms with van der Waals surface area (Å²) >= 11 is 6.26. The number of nitrogens with zero attached hydrogens (tertiary/aromatic N) is 1. The number of hydrogen-bond donors (Lipinski definition) is 1. The molecule has 23 heavy (non-hydrogen) atoms. The van der Waals surface area contributed by atoms with Gasteiger partial charge in [0.15, 0.2) is 11.5 Å². The molecule has 0 amide bonds. The fourth-order valence-electron chi connectivity index (χ4n) is 3.03. The fourth-order valence-corrected chi connectivity index (χ4v) is 4.15. The molecule has 1 fully saturated rings. The van der Waals surface area contributed by atoms with Gasteiger partial charge in [-0.25, -0.2) is 13.1 Å². The number of halogens is 1. The van der Waals surface area contributed by atoms with Crippen molar-refractivity contribution in [3.63, 3.8) is 0 Å². The van der Waals surface area contributed by atoms with Gasteiger partial charge < -0.3 is 9.47 Å². The normalized spacial score (nSPS) is 19.7. The van der Waals surface area contributed by atoms with Crippen molar-refractivity contribution in [2.45, 2.75) is 25.4 Å². The topological polar surface area (TPSA) is 67.9 Å². The maximum absolute atomic E-state index is 11.3. The molecule has 0 bridgehead atoms. The third-order valence-electron chi connectivity index (χ3n) is 4.03. The minimum atomic E-state index is -3.13. The second kappa shape index (κ2) is 6.84. The number of ether oxygens (including phenoxy) is 2. The van der Waals surface area contributed by atoms with Crippen LogP contribution in [0.3, 0.4) is 0 Å². The molecule has 128 valence electrons. The van der Waals surface area contributed by atoms with Crippen LogP contribution in [-0.4, -0.2) is 51.9 Å². The Morgan fingerprint density at radius 2 is 1.96 bits per heavy atom. The molecular formula is C15H21ClN2O4S. The Morgan fingerprint density at radius 3 is 2.65 bits per heavy atom. The molecule has 1 aromatic rings. The number of piperidine rings is 1. The van der Waals surface area contributed by atoms with Gasteiger partial charge in [0, 0.05) is 25.7 Å². The van der Waals surface area contributed by atoms with E-state index in [0.717, 1.165) is 38.0 Å². The Morgan fingerprint density at radius 1 is 1.26 bits per heavy atom. The molecular weight excluding hydrogens is 340 g/mol. The molecule has 0 radical (unpaired) electrons. The summed E-state index contributed by atoms with van der Waals surface area (Å²) in [5.74, 6) is 1.32. The van der Waals surface area contributed by atoms with Crippen molar-refractivity contribution in [3.8, 4) is 11.5 Å². The lowest BCUT2D eigenvalue weighted by atomic mass is 10.1. The first kappa shape index (κ1) is 16.8. The van der Waals surface area contributed by atoms with Crippen LogP contribution < -0.4 is 14.2 Å². The molecule has 3 rings (SSSR count). The van der Waals surface area contributed by atoms with Crippen molar-refractivity contribution in [1.29, 1.82) is 0 Å². The zero-order valence-electron chi connectivity index (χ0n) is 13.0. The van der Waals surface area contributed by atoms with Gasteiger partial charge >= 0.3 is 0 Å². The smallest absolute Gasteiger partial charge is 0.208 e. The summed E-state index contributed by atoms with van der Waals surface area (Å²) in [4.78, 5) is 2.29. The standard InChI is InChI=1S/C15H21ClN2O4S/c1-23(19,20)17-12-2-4-18(5-3-12)10-11-8-13(16)15-14(9-11)21-6-7-22-15/h8-9,12,17H,2-7,10H2,1H3. The average molecular weight is 361 g/mol. The van der Waals surface area contributed by atoms with Gasteiger partial charge in [-0.2, -0.15) is 0 Å². The molecule has 1 aromatic carbocycles. The molecule has 2 heterocycles. The Bertz CT molecular complexity index is 672. The number of hydrogen-bond acceptors (Lipinski definition) is 5. The van der Waals surface area contributed by atoms with Gasteiger partial charge in [0.05, 0.1) is 11.3 Å². The van der Waals surface area contributed by atoms with Crippen molar-refractivity contribution in [2.24, 2.45) is 0 Å². The highest BCUT2D eigenvalue weighted by molar-refractivity contribution is 7.88. The zero-order valence-corrected chi connectivity index (χ0v) is 14.6. The minimum Gasteiger partial charge on any atom is -0.486 e. The van der Waals surface area contributed by atoms with Crippen LogP contribution in [0, 0.1) is 0 Å². The summed E-state index contributed by atoms with van der Waals surface area (Å²) in [7, 11) is -3.13. The number of benzene rings is 1. The Hall–Kier alpha value is -1.02. The Balaban J connectivity index is 1.60. The number of rotatable bonds is 4. The predicted octanol–water partition coefficient (Wildman–Crippen LogP) is 1.62. The maximum Gasteiger partial charge on any atom is 0.208 e. The van der Waals surface area contributed by atoms with E-state index in [4.69, 9.17) is 21.1 Å². The molecule has 0 aliphatic carbocycles. The Kier molecular flexibility index (Phi) is 5.01. The number of nitrogens with one attached hydrogen (secondary N) is 1. The van der Waals surface area contributed by atoms with Crippen LogP contribution in [0.2, 0.25) is 5.02 Å². The molecule has 8 heteroatoms. The third kappa shape index (κ3) is 4.50. The summed E-state index contributed by atoms with van der Waals surface area (Å²) < 4.78 is 36.4. The zero-order chi connectivity index (χ0) is 16.4. The summed E-state index contributed by atoms with van der Waals surface area (Å²) in [5.41, 5.74) is 1.08. The molecule has 1 N–H and O–H groups in total. The molecule has 0 spiro atoms. The van der Waals surface area contributed by atoms with E-state index in [0.29, 0.717) is 29.7 Å². The van der Waals surface area contributed by atoms with Crippen molar-refractivity contribution < 1.29 is 17.9 Å². The van der Waals surface area contributed by atoms with E-state index in [2.05, 4.69) is 9.62 Å². The van der Waals surface area contributed by atoms with Gasteiger partial charge in [0.25, 0.3) is 0 Å². The first-order valence-electron chi connectivity index (χ1n) is 7.68. The summed E-state index contributed by atoms with van der Waals surface area (Å²) in [5, 5.41) is 0.575. The first-order chi connectivity index (χ1) is 10.9. The second-order valence-electron chi connectivity index (χ2n) is 6.04. The predicted molar refractivity (Wildman–Crippen MR) is 88.7 cm³/mol. The van der Waals surface area contributed by atoms with Gasteiger partial charge in [0.2, 0.25) is 10.0 Å². The van der Waals surface area contributed by atoms with Crippen LogP contribution >= 0.6 is 11.6 Å². The van der Waals surface area contributed by atoms with Crippen molar-refractivity contribution in [3.05, 3.63) is 22.7 Å². The number of fused-ring (bicyclic) bond motifs is 1. The van der Waals surface area contributed by atoms with Crippen LogP contribution in [-0.2, 0) is 16.6 Å².